The van der Waals surface area contributed by atoms with Crippen LogP contribution in [0.2, 0.25) is 0 Å². The zero-order valence-corrected chi connectivity index (χ0v) is 21.0. The topological polar surface area (TPSA) is 119 Å². The molecule has 34 heavy (non-hydrogen) atoms. The Balaban J connectivity index is 1.45. The van der Waals surface area contributed by atoms with Gasteiger partial charge in [0.2, 0.25) is 15.9 Å². The van der Waals surface area contributed by atoms with E-state index in [1.807, 2.05) is 0 Å². The summed E-state index contributed by atoms with van der Waals surface area (Å²) >= 11 is 2.34. The van der Waals surface area contributed by atoms with E-state index in [2.05, 4.69) is 14.1 Å². The fourth-order valence-corrected chi connectivity index (χ4v) is 8.37. The fourth-order valence-electron chi connectivity index (χ4n) is 4.67. The van der Waals surface area contributed by atoms with Crippen molar-refractivity contribution in [3.63, 3.8) is 0 Å². The number of carbonyl (C=O) groups excluding carboxylic acids is 2. The van der Waals surface area contributed by atoms with Gasteiger partial charge in [-0.05, 0) is 63.1 Å². The first kappa shape index (κ1) is 23.3. The Kier molecular flexibility index (Phi) is 6.40. The fraction of sp³-hybridized carbons (Fsp3) is 0.455. The average molecular weight is 521 g/mol. The standard InChI is InChI=1S/C22H24N4O5S3/c1-2-31-22(28)18-13-7-3-4-10-16(13)32-21(18)23-20(27)15-9-6-12-26(15)34(29,30)17-11-5-8-14-19(17)25-33-24-14/h5,8,11,15H,2-4,6-7,9-10,12H2,1H3,(H,23,27). The minimum Gasteiger partial charge on any atom is -0.462 e. The minimum atomic E-state index is -3.97. The Labute approximate surface area is 205 Å². The Morgan fingerprint density at radius 3 is 2.85 bits per heavy atom. The summed E-state index contributed by atoms with van der Waals surface area (Å²) in [6.45, 7) is 2.22. The van der Waals surface area contributed by atoms with Crippen LogP contribution in [0, 0.1) is 0 Å². The third kappa shape index (κ3) is 4.02. The SMILES string of the molecule is CCOC(=O)c1c(NC(=O)C2CCCN2S(=O)(=O)c2cccc3nsnc23)sc2c1CCCC2. The van der Waals surface area contributed by atoms with Crippen molar-refractivity contribution in [3.8, 4) is 0 Å². The van der Waals surface area contributed by atoms with Crippen molar-refractivity contribution < 1.29 is 22.7 Å². The van der Waals surface area contributed by atoms with E-state index in [9.17, 15) is 18.0 Å². The minimum absolute atomic E-state index is 0.0530. The highest BCUT2D eigenvalue weighted by molar-refractivity contribution is 7.89. The Morgan fingerprint density at radius 2 is 2.03 bits per heavy atom. The van der Waals surface area contributed by atoms with Crippen molar-refractivity contribution in [2.75, 3.05) is 18.5 Å². The molecule has 1 atom stereocenters. The summed E-state index contributed by atoms with van der Waals surface area (Å²) in [6.07, 6.45) is 4.61. The van der Waals surface area contributed by atoms with E-state index in [0.29, 0.717) is 34.4 Å². The van der Waals surface area contributed by atoms with Crippen LogP contribution in [0.4, 0.5) is 5.00 Å². The number of rotatable bonds is 6. The maximum absolute atomic E-state index is 13.5. The molecule has 1 aliphatic carbocycles. The summed E-state index contributed by atoms with van der Waals surface area (Å²) in [6, 6.07) is 3.96. The predicted molar refractivity (Wildman–Crippen MR) is 130 cm³/mol. The molecule has 1 saturated heterocycles. The first-order valence-electron chi connectivity index (χ1n) is 11.3. The highest BCUT2D eigenvalue weighted by Crippen LogP contribution is 2.39. The zero-order valence-electron chi connectivity index (χ0n) is 18.6. The molecule has 1 aromatic carbocycles. The summed E-state index contributed by atoms with van der Waals surface area (Å²) in [5.41, 5.74) is 2.19. The van der Waals surface area contributed by atoms with Crippen LogP contribution in [-0.4, -0.2) is 52.5 Å². The Morgan fingerprint density at radius 1 is 1.21 bits per heavy atom. The highest BCUT2D eigenvalue weighted by atomic mass is 32.2. The molecule has 9 nitrogen and oxygen atoms in total. The van der Waals surface area contributed by atoms with Gasteiger partial charge in [-0.25, -0.2) is 13.2 Å². The van der Waals surface area contributed by atoms with Crippen molar-refractivity contribution >= 4 is 61.0 Å². The van der Waals surface area contributed by atoms with Crippen LogP contribution in [-0.2, 0) is 32.4 Å². The molecule has 3 heterocycles. The van der Waals surface area contributed by atoms with Gasteiger partial charge in [-0.1, -0.05) is 6.07 Å². The number of thiophene rings is 1. The summed E-state index contributed by atoms with van der Waals surface area (Å²) in [5, 5.41) is 3.33. The largest absolute Gasteiger partial charge is 0.462 e. The maximum Gasteiger partial charge on any atom is 0.341 e. The number of sulfonamides is 1. The van der Waals surface area contributed by atoms with Gasteiger partial charge in [-0.15, -0.1) is 11.3 Å². The molecule has 0 bridgehead atoms. The number of aryl methyl sites for hydroxylation is 1. The lowest BCUT2D eigenvalue weighted by Gasteiger charge is -2.23. The highest BCUT2D eigenvalue weighted by Gasteiger charge is 2.41. The number of esters is 1. The van der Waals surface area contributed by atoms with Crippen molar-refractivity contribution in [2.24, 2.45) is 0 Å². The molecule has 0 radical (unpaired) electrons. The first-order chi connectivity index (χ1) is 16.4. The molecule has 1 N–H and O–H groups in total. The van der Waals surface area contributed by atoms with Gasteiger partial charge in [0, 0.05) is 11.4 Å². The van der Waals surface area contributed by atoms with Gasteiger partial charge in [0.1, 0.15) is 27.0 Å². The molecule has 1 amide bonds. The van der Waals surface area contributed by atoms with Crippen LogP contribution >= 0.6 is 23.1 Å². The quantitative estimate of drug-likeness (QED) is 0.493. The third-order valence-corrected chi connectivity index (χ3v) is 9.92. The van der Waals surface area contributed by atoms with E-state index in [1.54, 1.807) is 19.1 Å². The number of aromatic nitrogens is 2. The molecular formula is C22H24N4O5S3. The molecule has 180 valence electrons. The number of ether oxygens (including phenoxy) is 1. The molecule has 1 fully saturated rings. The van der Waals surface area contributed by atoms with E-state index >= 15 is 0 Å². The van der Waals surface area contributed by atoms with Gasteiger partial charge in [0.25, 0.3) is 0 Å². The van der Waals surface area contributed by atoms with Crippen molar-refractivity contribution in [1.29, 1.82) is 0 Å². The van der Waals surface area contributed by atoms with Gasteiger partial charge >= 0.3 is 5.97 Å². The molecule has 12 heteroatoms. The molecule has 1 unspecified atom stereocenters. The second-order valence-corrected chi connectivity index (χ2v) is 11.8. The second-order valence-electron chi connectivity index (χ2n) is 8.29. The molecule has 5 rings (SSSR count). The summed E-state index contributed by atoms with van der Waals surface area (Å²) in [5.74, 6) is -0.885. The molecule has 2 aliphatic rings. The number of benzene rings is 1. The summed E-state index contributed by atoms with van der Waals surface area (Å²) in [7, 11) is -3.97. The lowest BCUT2D eigenvalue weighted by atomic mass is 9.95. The van der Waals surface area contributed by atoms with Gasteiger partial charge in [-0.3, -0.25) is 4.79 Å². The lowest BCUT2D eigenvalue weighted by molar-refractivity contribution is -0.119. The van der Waals surface area contributed by atoms with Gasteiger partial charge in [0.05, 0.1) is 23.9 Å². The summed E-state index contributed by atoms with van der Waals surface area (Å²) in [4.78, 5) is 27.2. The van der Waals surface area contributed by atoms with Crippen LogP contribution in [0.1, 0.15) is 53.4 Å². The number of fused-ring (bicyclic) bond motifs is 2. The third-order valence-electron chi connectivity index (χ3n) is 6.23. The summed E-state index contributed by atoms with van der Waals surface area (Å²) < 4.78 is 41.9. The number of hydrogen-bond donors (Lipinski definition) is 1. The van der Waals surface area contributed by atoms with Crippen molar-refractivity contribution in [3.05, 3.63) is 34.2 Å². The van der Waals surface area contributed by atoms with Crippen LogP contribution in [0.15, 0.2) is 23.1 Å². The smallest absolute Gasteiger partial charge is 0.341 e. The molecular weight excluding hydrogens is 496 g/mol. The molecule has 3 aromatic rings. The van der Waals surface area contributed by atoms with Gasteiger partial charge in [-0.2, -0.15) is 13.1 Å². The van der Waals surface area contributed by atoms with Crippen molar-refractivity contribution in [2.45, 2.75) is 56.4 Å². The lowest BCUT2D eigenvalue weighted by Crippen LogP contribution is -2.43. The van der Waals surface area contributed by atoms with E-state index in [-0.39, 0.29) is 18.0 Å². The number of nitrogens with zero attached hydrogens (tertiary/aromatic N) is 3. The zero-order chi connectivity index (χ0) is 23.9. The second kappa shape index (κ2) is 9.33. The number of anilines is 1. The monoisotopic (exact) mass is 520 g/mol. The number of carbonyl (C=O) groups is 2. The van der Waals surface area contributed by atoms with E-state index in [0.717, 1.165) is 47.9 Å². The molecule has 0 spiro atoms. The Bertz CT molecular complexity index is 1360. The van der Waals surface area contributed by atoms with E-state index in [4.69, 9.17) is 4.74 Å². The Hall–Kier alpha value is -2.41. The average Bonchev–Trinajstić information content (AvgIpc) is 3.56. The van der Waals surface area contributed by atoms with E-state index in [1.165, 1.54) is 21.7 Å². The van der Waals surface area contributed by atoms with Gasteiger partial charge < -0.3 is 10.1 Å². The number of nitrogens with one attached hydrogen (secondary N) is 1. The molecule has 2 aromatic heterocycles. The normalized spacial score (nSPS) is 18.7. The van der Waals surface area contributed by atoms with Gasteiger partial charge in [0.15, 0.2) is 0 Å². The number of hydrogen-bond acceptors (Lipinski definition) is 9. The van der Waals surface area contributed by atoms with Crippen molar-refractivity contribution in [1.82, 2.24) is 13.1 Å². The maximum atomic E-state index is 13.5. The molecule has 1 aliphatic heterocycles. The van der Waals surface area contributed by atoms with Crippen LogP contribution in [0.25, 0.3) is 11.0 Å². The van der Waals surface area contributed by atoms with Crippen LogP contribution in [0.5, 0.6) is 0 Å². The van der Waals surface area contributed by atoms with Crippen LogP contribution in [0.3, 0.4) is 0 Å². The first-order valence-corrected chi connectivity index (χ1v) is 14.3. The number of amides is 1. The molecule has 0 saturated carbocycles. The predicted octanol–water partition coefficient (Wildman–Crippen LogP) is 3.60. The van der Waals surface area contributed by atoms with Crippen LogP contribution < -0.4 is 5.32 Å². The van der Waals surface area contributed by atoms with E-state index < -0.39 is 27.9 Å².